The number of ketones is 1. The summed E-state index contributed by atoms with van der Waals surface area (Å²) in [7, 11) is 0. The van der Waals surface area contributed by atoms with E-state index >= 15 is 0 Å². The van der Waals surface area contributed by atoms with Gasteiger partial charge in [-0.25, -0.2) is 0 Å². The van der Waals surface area contributed by atoms with Crippen molar-refractivity contribution in [1.82, 2.24) is 4.90 Å². The Bertz CT molecular complexity index is 1030. The first-order valence-electron chi connectivity index (χ1n) is 10.2. The van der Waals surface area contributed by atoms with E-state index in [2.05, 4.69) is 20.8 Å². The number of carbonyl (C=O) groups excluding carboxylic acids is 2. The Balaban J connectivity index is 2.26. The van der Waals surface area contributed by atoms with Crippen LogP contribution in [0.1, 0.15) is 62.4 Å². The molecule has 0 saturated carbocycles. The number of benzene rings is 2. The molecule has 2 aromatic carbocycles. The van der Waals surface area contributed by atoms with Gasteiger partial charge >= 0.3 is 0 Å². The van der Waals surface area contributed by atoms with Crippen LogP contribution in [0.15, 0.2) is 48.0 Å². The van der Waals surface area contributed by atoms with Gasteiger partial charge < -0.3 is 15.1 Å². The number of likely N-dealkylation sites (tertiary alicyclic amines) is 1. The highest BCUT2D eigenvalue weighted by Crippen LogP contribution is 2.41. The third-order valence-corrected chi connectivity index (χ3v) is 5.55. The maximum Gasteiger partial charge on any atom is 0.295 e. The molecule has 1 aliphatic rings. The lowest BCUT2D eigenvalue weighted by atomic mass is 9.84. The summed E-state index contributed by atoms with van der Waals surface area (Å²) in [6, 6.07) is 11.6. The van der Waals surface area contributed by atoms with Gasteiger partial charge in [0.15, 0.2) is 0 Å². The van der Waals surface area contributed by atoms with Crippen LogP contribution in [0.2, 0.25) is 0 Å². The number of nitrogens with zero attached hydrogens (tertiary/aromatic N) is 1. The van der Waals surface area contributed by atoms with Crippen molar-refractivity contribution in [3.8, 4) is 5.75 Å². The van der Waals surface area contributed by atoms with Crippen LogP contribution in [0, 0.1) is 6.92 Å². The number of amides is 1. The molecular formula is C25H29NO4. The van der Waals surface area contributed by atoms with E-state index in [1.165, 1.54) is 17.0 Å². The Labute approximate surface area is 177 Å². The van der Waals surface area contributed by atoms with Crippen molar-refractivity contribution >= 4 is 17.4 Å². The van der Waals surface area contributed by atoms with E-state index in [4.69, 9.17) is 0 Å². The van der Waals surface area contributed by atoms with Crippen molar-refractivity contribution in [1.29, 1.82) is 0 Å². The lowest BCUT2D eigenvalue weighted by Gasteiger charge is -2.25. The van der Waals surface area contributed by atoms with E-state index in [-0.39, 0.29) is 22.5 Å². The number of aliphatic hydroxyl groups is 1. The van der Waals surface area contributed by atoms with Crippen molar-refractivity contribution in [3.05, 3.63) is 70.3 Å². The van der Waals surface area contributed by atoms with Crippen molar-refractivity contribution in [3.63, 3.8) is 0 Å². The number of phenols is 1. The van der Waals surface area contributed by atoms with E-state index in [1.807, 2.05) is 32.0 Å². The zero-order valence-corrected chi connectivity index (χ0v) is 18.2. The minimum Gasteiger partial charge on any atom is -0.508 e. The van der Waals surface area contributed by atoms with Gasteiger partial charge in [0, 0.05) is 12.1 Å². The highest BCUT2D eigenvalue weighted by Gasteiger charge is 2.45. The first-order valence-corrected chi connectivity index (χ1v) is 10.2. The minimum atomic E-state index is -0.741. The van der Waals surface area contributed by atoms with Crippen molar-refractivity contribution in [2.75, 3.05) is 6.54 Å². The van der Waals surface area contributed by atoms with Crippen LogP contribution >= 0.6 is 0 Å². The SMILES string of the molecule is CCCN1C(=O)C(=O)/C(=C(/O)c2cc(C(C)(C)C)ccc2C)C1c1cccc(O)c1. The molecule has 30 heavy (non-hydrogen) atoms. The van der Waals surface area contributed by atoms with Gasteiger partial charge in [-0.1, -0.05) is 52.0 Å². The normalized spacial score (nSPS) is 18.8. The van der Waals surface area contributed by atoms with Crippen LogP contribution in [0.5, 0.6) is 5.75 Å². The Morgan fingerprint density at radius 2 is 1.80 bits per heavy atom. The zero-order valence-electron chi connectivity index (χ0n) is 18.2. The summed E-state index contributed by atoms with van der Waals surface area (Å²) >= 11 is 0. The lowest BCUT2D eigenvalue weighted by molar-refractivity contribution is -0.139. The third-order valence-electron chi connectivity index (χ3n) is 5.55. The maximum absolute atomic E-state index is 13.0. The molecule has 0 aromatic heterocycles. The second-order valence-corrected chi connectivity index (χ2v) is 8.87. The molecule has 5 heteroatoms. The summed E-state index contributed by atoms with van der Waals surface area (Å²) in [5, 5.41) is 21.3. The molecule has 0 radical (unpaired) electrons. The molecule has 1 unspecified atom stereocenters. The quantitative estimate of drug-likeness (QED) is 0.432. The topological polar surface area (TPSA) is 77.8 Å². The Morgan fingerprint density at radius 1 is 1.10 bits per heavy atom. The van der Waals surface area contributed by atoms with Crippen LogP contribution in [0.4, 0.5) is 0 Å². The minimum absolute atomic E-state index is 0.0421. The molecule has 1 fully saturated rings. The highest BCUT2D eigenvalue weighted by molar-refractivity contribution is 6.46. The fourth-order valence-corrected chi connectivity index (χ4v) is 3.88. The molecule has 0 bridgehead atoms. The van der Waals surface area contributed by atoms with Gasteiger partial charge in [0.05, 0.1) is 11.6 Å². The molecule has 2 N–H and O–H groups in total. The van der Waals surface area contributed by atoms with Gasteiger partial charge in [-0.2, -0.15) is 0 Å². The van der Waals surface area contributed by atoms with Crippen LogP contribution in [-0.2, 0) is 15.0 Å². The van der Waals surface area contributed by atoms with Crippen molar-refractivity contribution < 1.29 is 19.8 Å². The molecule has 2 aromatic rings. The maximum atomic E-state index is 13.0. The van der Waals surface area contributed by atoms with Crippen LogP contribution < -0.4 is 0 Å². The number of hydrogen-bond donors (Lipinski definition) is 2. The highest BCUT2D eigenvalue weighted by atomic mass is 16.3. The van der Waals surface area contributed by atoms with Gasteiger partial charge in [0.1, 0.15) is 11.5 Å². The lowest BCUT2D eigenvalue weighted by Crippen LogP contribution is -2.30. The van der Waals surface area contributed by atoms with E-state index in [0.717, 1.165) is 11.1 Å². The van der Waals surface area contributed by atoms with Crippen LogP contribution in [0.3, 0.4) is 0 Å². The van der Waals surface area contributed by atoms with E-state index in [1.54, 1.807) is 12.1 Å². The number of rotatable bonds is 4. The second kappa shape index (κ2) is 7.98. The number of aliphatic hydroxyl groups excluding tert-OH is 1. The summed E-state index contributed by atoms with van der Waals surface area (Å²) in [5.41, 5.74) is 2.90. The monoisotopic (exact) mass is 407 g/mol. The van der Waals surface area contributed by atoms with Gasteiger partial charge in [0.2, 0.25) is 0 Å². The fourth-order valence-electron chi connectivity index (χ4n) is 3.88. The Hall–Kier alpha value is -3.08. The van der Waals surface area contributed by atoms with Crippen molar-refractivity contribution in [2.24, 2.45) is 0 Å². The fraction of sp³-hybridized carbons (Fsp3) is 0.360. The zero-order chi connectivity index (χ0) is 22.2. The van der Waals surface area contributed by atoms with Gasteiger partial charge in [-0.3, -0.25) is 9.59 Å². The number of Topliss-reactive ketones (excluding diaryl/α,β-unsaturated/α-hetero) is 1. The molecule has 0 spiro atoms. The third kappa shape index (κ3) is 3.84. The van der Waals surface area contributed by atoms with Crippen LogP contribution in [0.25, 0.3) is 5.76 Å². The van der Waals surface area contributed by atoms with E-state index in [9.17, 15) is 19.8 Å². The van der Waals surface area contributed by atoms with E-state index < -0.39 is 17.7 Å². The molecule has 158 valence electrons. The summed E-state index contributed by atoms with van der Waals surface area (Å²) < 4.78 is 0. The number of hydrogen-bond acceptors (Lipinski definition) is 4. The average Bonchev–Trinajstić information content (AvgIpc) is 2.92. The molecule has 1 aliphatic heterocycles. The number of aromatic hydroxyl groups is 1. The molecule has 1 heterocycles. The Morgan fingerprint density at radius 3 is 2.40 bits per heavy atom. The van der Waals surface area contributed by atoms with Crippen molar-refractivity contribution in [2.45, 2.75) is 52.5 Å². The molecule has 3 rings (SSSR count). The van der Waals surface area contributed by atoms with Gasteiger partial charge in [-0.15, -0.1) is 0 Å². The summed E-state index contributed by atoms with van der Waals surface area (Å²) in [6.07, 6.45) is 0.668. The summed E-state index contributed by atoms with van der Waals surface area (Å²) in [4.78, 5) is 27.3. The number of aryl methyl sites for hydroxylation is 1. The Kier molecular flexibility index (Phi) is 5.75. The van der Waals surface area contributed by atoms with Gasteiger partial charge in [0.25, 0.3) is 11.7 Å². The second-order valence-electron chi connectivity index (χ2n) is 8.87. The predicted octanol–water partition coefficient (Wildman–Crippen LogP) is 4.83. The number of carbonyl (C=O) groups is 2. The molecule has 1 saturated heterocycles. The summed E-state index contributed by atoms with van der Waals surface area (Å²) in [5.74, 6) is -1.46. The molecular weight excluding hydrogens is 378 g/mol. The predicted molar refractivity (Wildman–Crippen MR) is 117 cm³/mol. The average molecular weight is 408 g/mol. The number of phenolic OH excluding ortho intramolecular Hbond substituents is 1. The first-order chi connectivity index (χ1) is 14.1. The molecule has 0 aliphatic carbocycles. The smallest absolute Gasteiger partial charge is 0.295 e. The van der Waals surface area contributed by atoms with Gasteiger partial charge in [-0.05, 0) is 53.6 Å². The molecule has 1 amide bonds. The van der Waals surface area contributed by atoms with Crippen LogP contribution in [-0.4, -0.2) is 33.3 Å². The standard InChI is InChI=1S/C25H29NO4/c1-6-12-26-21(16-8-7-9-18(27)13-16)20(23(29)24(26)30)22(28)19-14-17(25(3,4)5)11-10-15(19)2/h7-11,13-14,21,27-28H,6,12H2,1-5H3/b22-20+. The van der Waals surface area contributed by atoms with E-state index in [0.29, 0.717) is 24.1 Å². The first kappa shape index (κ1) is 21.6. The summed E-state index contributed by atoms with van der Waals surface area (Å²) in [6.45, 7) is 10.4. The largest absolute Gasteiger partial charge is 0.508 e. The molecule has 5 nitrogen and oxygen atoms in total. The molecule has 1 atom stereocenters.